The minimum absolute atomic E-state index is 0.175. The molecule has 0 unspecified atom stereocenters. The van der Waals surface area contributed by atoms with Crippen LogP contribution >= 0.6 is 95.6 Å². The number of benzene rings is 1. The van der Waals surface area contributed by atoms with Gasteiger partial charge in [-0.2, -0.15) is 0 Å². The molecule has 0 amide bonds. The Hall–Kier alpha value is 1.90. The molecule has 0 aliphatic rings. The number of phenols is 1. The van der Waals surface area contributed by atoms with E-state index < -0.39 is 4.29 Å². The van der Waals surface area contributed by atoms with Crippen LogP contribution in [0.2, 0.25) is 0 Å². The molecule has 0 aromatic heterocycles. The van der Waals surface area contributed by atoms with Crippen molar-refractivity contribution in [3.05, 3.63) is 29.3 Å². The zero-order valence-corrected chi connectivity index (χ0v) is 16.5. The van der Waals surface area contributed by atoms with E-state index in [1.165, 1.54) is 0 Å². The van der Waals surface area contributed by atoms with E-state index in [0.717, 1.165) is 0 Å². The first-order valence-electron chi connectivity index (χ1n) is 3.60. The smallest absolute Gasteiger partial charge is 0.163 e. The van der Waals surface area contributed by atoms with E-state index in [-0.39, 0.29) is 5.75 Å². The third kappa shape index (κ3) is 3.95. The topological polar surface area (TPSA) is 20.2 Å². The molecule has 1 nitrogen and oxygen atoms in total. The summed E-state index contributed by atoms with van der Waals surface area (Å²) >= 11 is 20.2. The van der Waals surface area contributed by atoms with Crippen molar-refractivity contribution in [3.8, 4) is 5.75 Å². The standard InChI is InChI=1S/C8H4Br6O/c9-7(10,11)4-2-1-3-5(6(4)15)8(12,13)14/h1-3,15H. The Balaban J connectivity index is 3.37. The van der Waals surface area contributed by atoms with Gasteiger partial charge in [0.1, 0.15) is 5.75 Å². The molecule has 1 rings (SSSR count). The number of phenolic OH excluding ortho intramolecular Hbond substituents is 1. The average Bonchev–Trinajstić information content (AvgIpc) is 1.99. The van der Waals surface area contributed by atoms with E-state index in [1.54, 1.807) is 12.1 Å². The second-order valence-corrected chi connectivity index (χ2v) is 16.2. The van der Waals surface area contributed by atoms with Gasteiger partial charge >= 0.3 is 0 Å². The maximum atomic E-state index is 10.1. The molecular weight excluding hydrogens is 592 g/mol. The molecule has 0 atom stereocenters. The van der Waals surface area contributed by atoms with Crippen LogP contribution in [0, 0.1) is 0 Å². The SMILES string of the molecule is Oc1c(C(Br)(Br)Br)cccc1C(Br)(Br)Br. The molecule has 1 aromatic rings. The van der Waals surface area contributed by atoms with Crippen LogP contribution < -0.4 is 0 Å². The first kappa shape index (κ1) is 15.0. The minimum atomic E-state index is -0.634. The molecule has 0 radical (unpaired) electrons. The molecule has 0 aliphatic carbocycles. The summed E-state index contributed by atoms with van der Waals surface area (Å²) in [6.07, 6.45) is 0. The van der Waals surface area contributed by atoms with Gasteiger partial charge in [0.05, 0.1) is 0 Å². The van der Waals surface area contributed by atoms with E-state index in [0.29, 0.717) is 11.1 Å². The fourth-order valence-electron chi connectivity index (χ4n) is 1.00. The van der Waals surface area contributed by atoms with E-state index >= 15 is 0 Å². The van der Waals surface area contributed by atoms with E-state index in [1.807, 2.05) is 6.07 Å². The minimum Gasteiger partial charge on any atom is -0.507 e. The van der Waals surface area contributed by atoms with Gasteiger partial charge in [-0.25, -0.2) is 0 Å². The second-order valence-electron chi connectivity index (χ2n) is 2.70. The van der Waals surface area contributed by atoms with Crippen LogP contribution in [0.25, 0.3) is 0 Å². The quantitative estimate of drug-likeness (QED) is 0.366. The Labute approximate surface area is 138 Å². The average molecular weight is 596 g/mol. The van der Waals surface area contributed by atoms with E-state index in [2.05, 4.69) is 95.6 Å². The molecule has 7 heteroatoms. The number of para-hydroxylation sites is 1. The van der Waals surface area contributed by atoms with Crippen molar-refractivity contribution in [2.75, 3.05) is 0 Å². The Morgan fingerprint density at radius 1 is 0.800 bits per heavy atom. The van der Waals surface area contributed by atoms with Gasteiger partial charge in [0.15, 0.2) is 4.29 Å². The van der Waals surface area contributed by atoms with Crippen molar-refractivity contribution >= 4 is 95.6 Å². The highest BCUT2D eigenvalue weighted by Crippen LogP contribution is 2.53. The summed E-state index contributed by atoms with van der Waals surface area (Å²) in [6, 6.07) is 5.45. The van der Waals surface area contributed by atoms with E-state index in [9.17, 15) is 5.11 Å². The van der Waals surface area contributed by atoms with Crippen molar-refractivity contribution < 1.29 is 5.11 Å². The molecule has 0 bridgehead atoms. The first-order valence-corrected chi connectivity index (χ1v) is 8.36. The van der Waals surface area contributed by atoms with Gasteiger partial charge in [-0.15, -0.1) is 0 Å². The highest BCUT2D eigenvalue weighted by molar-refractivity contribution is 9.39. The highest BCUT2D eigenvalue weighted by atomic mass is 80.0. The van der Waals surface area contributed by atoms with Crippen molar-refractivity contribution in [2.24, 2.45) is 0 Å². The molecule has 84 valence electrons. The number of hydrogen-bond donors (Lipinski definition) is 1. The van der Waals surface area contributed by atoms with Gasteiger partial charge < -0.3 is 5.11 Å². The lowest BCUT2D eigenvalue weighted by molar-refractivity contribution is 0.465. The summed E-state index contributed by atoms with van der Waals surface area (Å²) in [4.78, 5) is 0. The van der Waals surface area contributed by atoms with Gasteiger partial charge in [-0.05, 0) is 0 Å². The predicted molar refractivity (Wildman–Crippen MR) is 85.0 cm³/mol. The molecule has 0 spiro atoms. The summed E-state index contributed by atoms with van der Waals surface area (Å²) in [6.45, 7) is 0. The third-order valence-electron chi connectivity index (χ3n) is 1.65. The molecule has 1 aromatic carbocycles. The summed E-state index contributed by atoms with van der Waals surface area (Å²) in [7, 11) is 0. The van der Waals surface area contributed by atoms with Crippen molar-refractivity contribution in [1.82, 2.24) is 0 Å². The maximum Gasteiger partial charge on any atom is 0.163 e. The van der Waals surface area contributed by atoms with Crippen LogP contribution in [0.3, 0.4) is 0 Å². The van der Waals surface area contributed by atoms with Crippen LogP contribution in [0.4, 0.5) is 0 Å². The summed E-state index contributed by atoms with van der Waals surface area (Å²) in [5, 5.41) is 10.1. The van der Waals surface area contributed by atoms with Crippen molar-refractivity contribution in [3.63, 3.8) is 0 Å². The summed E-state index contributed by atoms with van der Waals surface area (Å²) < 4.78 is -1.27. The second kappa shape index (κ2) is 5.26. The molecule has 1 N–H and O–H groups in total. The largest absolute Gasteiger partial charge is 0.507 e. The molecule has 0 saturated heterocycles. The fraction of sp³-hybridized carbons (Fsp3) is 0.250. The fourth-order valence-corrected chi connectivity index (χ4v) is 2.92. The maximum absolute atomic E-state index is 10.1. The monoisotopic (exact) mass is 590 g/mol. The molecule has 0 aliphatic heterocycles. The van der Waals surface area contributed by atoms with Gasteiger partial charge in [0.25, 0.3) is 0 Å². The Morgan fingerprint density at radius 2 is 1.13 bits per heavy atom. The third-order valence-corrected chi connectivity index (χ3v) is 4.21. The van der Waals surface area contributed by atoms with Gasteiger partial charge in [0, 0.05) is 11.1 Å². The first-order chi connectivity index (χ1) is 6.64. The summed E-state index contributed by atoms with van der Waals surface area (Å²) in [5.41, 5.74) is 1.37. The Morgan fingerprint density at radius 3 is 1.40 bits per heavy atom. The van der Waals surface area contributed by atoms with Crippen LogP contribution in [-0.2, 0) is 4.29 Å². The van der Waals surface area contributed by atoms with Crippen molar-refractivity contribution in [1.29, 1.82) is 0 Å². The Bertz CT molecular complexity index is 332. The van der Waals surface area contributed by atoms with Crippen molar-refractivity contribution in [2.45, 2.75) is 4.29 Å². The lowest BCUT2D eigenvalue weighted by atomic mass is 10.1. The number of alkyl halides is 6. The van der Waals surface area contributed by atoms with Gasteiger partial charge in [-0.1, -0.05) is 114 Å². The van der Waals surface area contributed by atoms with Gasteiger partial charge in [-0.3, -0.25) is 0 Å². The van der Waals surface area contributed by atoms with E-state index in [4.69, 9.17) is 0 Å². The number of aromatic hydroxyl groups is 1. The highest BCUT2D eigenvalue weighted by Gasteiger charge is 2.31. The molecule has 0 fully saturated rings. The molecule has 0 saturated carbocycles. The lowest BCUT2D eigenvalue weighted by Crippen LogP contribution is -2.04. The molecule has 15 heavy (non-hydrogen) atoms. The molecule has 0 heterocycles. The normalized spacial score (nSPS) is 12.9. The number of rotatable bonds is 0. The number of hydrogen-bond acceptors (Lipinski definition) is 1. The zero-order valence-electron chi connectivity index (χ0n) is 6.95. The predicted octanol–water partition coefficient (Wildman–Crippen LogP) is 5.98. The van der Waals surface area contributed by atoms with Crippen LogP contribution in [-0.4, -0.2) is 5.11 Å². The van der Waals surface area contributed by atoms with Crippen LogP contribution in [0.1, 0.15) is 11.1 Å². The number of halogens is 6. The lowest BCUT2D eigenvalue weighted by Gasteiger charge is -2.20. The Kier molecular flexibility index (Phi) is 5.25. The van der Waals surface area contributed by atoms with Gasteiger partial charge in [0.2, 0.25) is 0 Å². The molecular formula is C8H4Br6O. The zero-order chi connectivity index (χ0) is 11.9. The van der Waals surface area contributed by atoms with Crippen LogP contribution in [0.5, 0.6) is 5.75 Å². The summed E-state index contributed by atoms with van der Waals surface area (Å²) in [5.74, 6) is 0.175. The van der Waals surface area contributed by atoms with Crippen LogP contribution in [0.15, 0.2) is 18.2 Å².